The van der Waals surface area contributed by atoms with Crippen molar-refractivity contribution in [2.75, 3.05) is 31.1 Å². The van der Waals surface area contributed by atoms with Crippen molar-refractivity contribution in [3.05, 3.63) is 29.3 Å². The number of β-amino-alcohol motifs (C(OH)–C–C–N with tert-alkyl or cyclic N) is 1. The molecule has 4 heteroatoms. The van der Waals surface area contributed by atoms with E-state index in [2.05, 4.69) is 11.0 Å². The Kier molecular flexibility index (Phi) is 5.57. The molecule has 1 N–H and O–H groups in total. The van der Waals surface area contributed by atoms with Crippen LogP contribution in [0.15, 0.2) is 18.2 Å². The van der Waals surface area contributed by atoms with Gasteiger partial charge in [0.25, 0.3) is 0 Å². The average Bonchev–Trinajstić information content (AvgIpc) is 2.82. The summed E-state index contributed by atoms with van der Waals surface area (Å²) in [6.07, 6.45) is 5.55. The van der Waals surface area contributed by atoms with Crippen molar-refractivity contribution in [1.82, 2.24) is 4.90 Å². The molecule has 2 aliphatic heterocycles. The Balaban J connectivity index is 1.68. The van der Waals surface area contributed by atoms with Gasteiger partial charge in [-0.1, -0.05) is 38.8 Å². The molecule has 0 spiro atoms. The predicted octanol–water partition coefficient (Wildman–Crippen LogP) is 3.14. The third-order valence-corrected chi connectivity index (χ3v) is 5.27. The maximum Gasteiger partial charge on any atom is 0.229 e. The molecule has 4 nitrogen and oxygen atoms in total. The largest absolute Gasteiger partial charge is 0.387 e. The molecule has 1 fully saturated rings. The van der Waals surface area contributed by atoms with Crippen LogP contribution in [0.1, 0.15) is 56.8 Å². The van der Waals surface area contributed by atoms with Crippen molar-refractivity contribution in [3.8, 4) is 0 Å². The van der Waals surface area contributed by atoms with E-state index in [9.17, 15) is 9.90 Å². The lowest BCUT2D eigenvalue weighted by atomic mass is 10.0. The number of carbonyl (C=O) groups is 1. The highest BCUT2D eigenvalue weighted by molar-refractivity contribution is 5.96. The summed E-state index contributed by atoms with van der Waals surface area (Å²) in [5.74, 6) is 0.205. The number of nitrogens with zero attached hydrogens (tertiary/aromatic N) is 2. The maximum atomic E-state index is 12.3. The molecular formula is C20H30N2O2. The molecule has 1 aromatic rings. The number of likely N-dealkylation sites (tertiary alicyclic amines) is 1. The van der Waals surface area contributed by atoms with Crippen LogP contribution in [0.4, 0.5) is 5.69 Å². The molecule has 2 heterocycles. The Hall–Kier alpha value is -1.39. The van der Waals surface area contributed by atoms with E-state index >= 15 is 0 Å². The van der Waals surface area contributed by atoms with E-state index < -0.39 is 6.10 Å². The van der Waals surface area contributed by atoms with Gasteiger partial charge in [0, 0.05) is 24.7 Å². The van der Waals surface area contributed by atoms with Gasteiger partial charge in [-0.3, -0.25) is 4.79 Å². The zero-order valence-corrected chi connectivity index (χ0v) is 15.0. The number of aliphatic hydroxyl groups excluding tert-OH is 1. The van der Waals surface area contributed by atoms with Crippen molar-refractivity contribution >= 4 is 11.6 Å². The van der Waals surface area contributed by atoms with Crippen LogP contribution in [0, 0.1) is 5.92 Å². The quantitative estimate of drug-likeness (QED) is 0.922. The summed E-state index contributed by atoms with van der Waals surface area (Å²) in [4.78, 5) is 16.6. The van der Waals surface area contributed by atoms with E-state index in [1.54, 1.807) is 0 Å². The zero-order chi connectivity index (χ0) is 17.1. The number of rotatable bonds is 4. The molecule has 2 aliphatic rings. The highest BCUT2D eigenvalue weighted by Crippen LogP contribution is 2.32. The fourth-order valence-corrected chi connectivity index (χ4v) is 3.84. The molecule has 1 atom stereocenters. The van der Waals surface area contributed by atoms with Crippen LogP contribution < -0.4 is 4.90 Å². The molecule has 0 aromatic heterocycles. The molecule has 1 unspecified atom stereocenters. The summed E-state index contributed by atoms with van der Waals surface area (Å²) in [5.41, 5.74) is 3.20. The summed E-state index contributed by atoms with van der Waals surface area (Å²) in [5, 5.41) is 10.6. The first-order valence-corrected chi connectivity index (χ1v) is 9.41. The first-order chi connectivity index (χ1) is 11.6. The summed E-state index contributed by atoms with van der Waals surface area (Å²) in [6.45, 7) is 7.56. The van der Waals surface area contributed by atoms with Gasteiger partial charge in [-0.15, -0.1) is 0 Å². The van der Waals surface area contributed by atoms with Gasteiger partial charge in [0.1, 0.15) is 0 Å². The Bertz CT molecular complexity index is 577. The van der Waals surface area contributed by atoms with Crippen LogP contribution in [0.5, 0.6) is 0 Å². The number of fused-ring (bicyclic) bond motifs is 1. The van der Waals surface area contributed by atoms with Crippen molar-refractivity contribution in [1.29, 1.82) is 0 Å². The van der Waals surface area contributed by atoms with Crippen LogP contribution in [0.25, 0.3) is 0 Å². The number of carbonyl (C=O) groups excluding carboxylic acids is 1. The van der Waals surface area contributed by atoms with Crippen molar-refractivity contribution < 1.29 is 9.90 Å². The number of amides is 1. The molecule has 132 valence electrons. The Morgan fingerprint density at radius 1 is 1.12 bits per heavy atom. The van der Waals surface area contributed by atoms with E-state index in [1.807, 2.05) is 30.9 Å². The molecule has 0 saturated carbocycles. The van der Waals surface area contributed by atoms with Gasteiger partial charge >= 0.3 is 0 Å². The molecule has 0 aliphatic carbocycles. The molecule has 1 saturated heterocycles. The first kappa shape index (κ1) is 17.4. The summed E-state index contributed by atoms with van der Waals surface area (Å²) in [6, 6.07) is 6.11. The Morgan fingerprint density at radius 2 is 1.83 bits per heavy atom. The third kappa shape index (κ3) is 3.81. The Labute approximate surface area is 145 Å². The van der Waals surface area contributed by atoms with Crippen molar-refractivity contribution in [2.24, 2.45) is 5.92 Å². The van der Waals surface area contributed by atoms with E-state index in [-0.39, 0.29) is 11.8 Å². The van der Waals surface area contributed by atoms with Crippen molar-refractivity contribution in [3.63, 3.8) is 0 Å². The maximum absolute atomic E-state index is 12.3. The minimum atomic E-state index is -0.441. The normalized spacial score (nSPS) is 20.1. The SMILES string of the molecule is CC(C)C(=O)N1CCc2cc(C(O)CN3CCCCCC3)ccc21. The second-order valence-corrected chi connectivity index (χ2v) is 7.51. The van der Waals surface area contributed by atoms with Crippen molar-refractivity contribution in [2.45, 2.75) is 52.1 Å². The molecule has 3 rings (SSSR count). The number of hydrogen-bond donors (Lipinski definition) is 1. The monoisotopic (exact) mass is 330 g/mol. The fraction of sp³-hybridized carbons (Fsp3) is 0.650. The van der Waals surface area contributed by atoms with E-state index in [0.29, 0.717) is 6.54 Å². The third-order valence-electron chi connectivity index (χ3n) is 5.27. The average molecular weight is 330 g/mol. The van der Waals surface area contributed by atoms with Crippen LogP contribution in [0.2, 0.25) is 0 Å². The van der Waals surface area contributed by atoms with Gasteiger partial charge in [-0.25, -0.2) is 0 Å². The summed E-state index contributed by atoms with van der Waals surface area (Å²) < 4.78 is 0. The highest BCUT2D eigenvalue weighted by Gasteiger charge is 2.27. The minimum Gasteiger partial charge on any atom is -0.387 e. The smallest absolute Gasteiger partial charge is 0.229 e. The van der Waals surface area contributed by atoms with Gasteiger partial charge in [0.05, 0.1) is 6.10 Å². The predicted molar refractivity (Wildman–Crippen MR) is 97.2 cm³/mol. The summed E-state index contributed by atoms with van der Waals surface area (Å²) >= 11 is 0. The standard InChI is InChI=1S/C20H30N2O2/c1-15(2)20(24)22-12-9-16-13-17(7-8-18(16)22)19(23)14-21-10-5-3-4-6-11-21/h7-8,13,15,19,23H,3-6,9-12,14H2,1-2H3. The van der Waals surface area contributed by atoms with E-state index in [0.717, 1.165) is 37.3 Å². The zero-order valence-electron chi connectivity index (χ0n) is 15.0. The number of aliphatic hydroxyl groups is 1. The molecule has 1 amide bonds. The lowest BCUT2D eigenvalue weighted by Crippen LogP contribution is -2.32. The molecular weight excluding hydrogens is 300 g/mol. The van der Waals surface area contributed by atoms with Crippen LogP contribution in [-0.2, 0) is 11.2 Å². The molecule has 0 bridgehead atoms. The van der Waals surface area contributed by atoms with Crippen LogP contribution >= 0.6 is 0 Å². The second kappa shape index (κ2) is 7.66. The number of benzene rings is 1. The lowest BCUT2D eigenvalue weighted by Gasteiger charge is -2.24. The van der Waals surface area contributed by atoms with Crippen LogP contribution in [-0.4, -0.2) is 42.1 Å². The molecule has 24 heavy (non-hydrogen) atoms. The Morgan fingerprint density at radius 3 is 2.50 bits per heavy atom. The minimum absolute atomic E-state index is 0.0178. The van der Waals surface area contributed by atoms with Crippen LogP contribution in [0.3, 0.4) is 0 Å². The fourth-order valence-electron chi connectivity index (χ4n) is 3.84. The molecule has 1 aromatic carbocycles. The van der Waals surface area contributed by atoms with Gasteiger partial charge in [-0.2, -0.15) is 0 Å². The first-order valence-electron chi connectivity index (χ1n) is 9.41. The lowest BCUT2D eigenvalue weighted by molar-refractivity contribution is -0.121. The van der Waals surface area contributed by atoms with E-state index in [1.165, 1.54) is 31.2 Å². The van der Waals surface area contributed by atoms with Gasteiger partial charge in [-0.05, 0) is 49.5 Å². The van der Waals surface area contributed by atoms with E-state index in [4.69, 9.17) is 0 Å². The second-order valence-electron chi connectivity index (χ2n) is 7.51. The summed E-state index contributed by atoms with van der Waals surface area (Å²) in [7, 11) is 0. The van der Waals surface area contributed by atoms with Gasteiger partial charge in [0.2, 0.25) is 5.91 Å². The highest BCUT2D eigenvalue weighted by atomic mass is 16.3. The number of hydrogen-bond acceptors (Lipinski definition) is 3. The topological polar surface area (TPSA) is 43.8 Å². The van der Waals surface area contributed by atoms with Gasteiger partial charge in [0.15, 0.2) is 0 Å². The number of anilines is 1. The molecule has 0 radical (unpaired) electrons. The van der Waals surface area contributed by atoms with Gasteiger partial charge < -0.3 is 14.9 Å².